The maximum atomic E-state index is 4.18. The van der Waals surface area contributed by atoms with Crippen LogP contribution in [-0.4, -0.2) is 9.97 Å². The summed E-state index contributed by atoms with van der Waals surface area (Å²) in [5, 5.41) is 0. The van der Waals surface area contributed by atoms with Gasteiger partial charge < -0.3 is 0 Å². The van der Waals surface area contributed by atoms with Gasteiger partial charge in [0.2, 0.25) is 0 Å². The van der Waals surface area contributed by atoms with Crippen LogP contribution in [0.15, 0.2) is 12.4 Å². The summed E-state index contributed by atoms with van der Waals surface area (Å²) in [5.74, 6) is 0.839. The van der Waals surface area contributed by atoms with Gasteiger partial charge >= 0.3 is 0 Å². The van der Waals surface area contributed by atoms with E-state index < -0.39 is 0 Å². The first-order valence-corrected chi connectivity index (χ1v) is 4.35. The summed E-state index contributed by atoms with van der Waals surface area (Å²) in [6.45, 7) is 8.50. The molecule has 2 heteroatoms. The number of hydrogen-bond acceptors (Lipinski definition) is 2. The third kappa shape index (κ3) is 1.81. The van der Waals surface area contributed by atoms with Crippen molar-refractivity contribution in [2.75, 3.05) is 0 Å². The molecule has 12 heavy (non-hydrogen) atoms. The van der Waals surface area contributed by atoms with Crippen LogP contribution in [0, 0.1) is 6.92 Å². The van der Waals surface area contributed by atoms with Crippen LogP contribution in [0.3, 0.4) is 0 Å². The summed E-state index contributed by atoms with van der Waals surface area (Å²) in [6.07, 6.45) is 4.96. The molecule has 0 saturated heterocycles. The molecule has 0 fully saturated rings. The van der Waals surface area contributed by atoms with Crippen molar-refractivity contribution >= 4 is 0 Å². The second-order valence-electron chi connectivity index (χ2n) is 3.76. The smallest absolute Gasteiger partial charge is 0.125 e. The Labute approximate surface area is 74.1 Å². The van der Waals surface area contributed by atoms with Gasteiger partial charge in [-0.3, -0.25) is 0 Å². The minimum Gasteiger partial charge on any atom is -0.241 e. The molecule has 0 aliphatic heterocycles. The second kappa shape index (κ2) is 3.21. The van der Waals surface area contributed by atoms with Gasteiger partial charge in [0, 0.05) is 12.4 Å². The molecule has 0 aliphatic carbocycles. The molecule has 1 heterocycles. The zero-order valence-electron chi connectivity index (χ0n) is 8.26. The molecule has 0 radical (unpaired) electrons. The zero-order chi connectivity index (χ0) is 9.19. The average Bonchev–Trinajstić information content (AvgIpc) is 2.05. The molecule has 0 amide bonds. The Hall–Kier alpha value is -0.920. The fourth-order valence-corrected chi connectivity index (χ4v) is 0.946. The molecule has 1 aromatic heterocycles. The normalized spacial score (nSPS) is 11.7. The molecular weight excluding hydrogens is 148 g/mol. The van der Waals surface area contributed by atoms with E-state index in [1.807, 2.05) is 19.3 Å². The highest BCUT2D eigenvalue weighted by Gasteiger charge is 2.18. The SMILES string of the molecule is CCC(C)(C)c1cnc(C)nc1. The van der Waals surface area contributed by atoms with Crippen LogP contribution in [0.4, 0.5) is 0 Å². The zero-order valence-corrected chi connectivity index (χ0v) is 8.26. The molecule has 0 saturated carbocycles. The Morgan fingerprint density at radius 1 is 1.25 bits per heavy atom. The highest BCUT2D eigenvalue weighted by molar-refractivity contribution is 5.16. The maximum Gasteiger partial charge on any atom is 0.125 e. The Morgan fingerprint density at radius 3 is 2.17 bits per heavy atom. The van der Waals surface area contributed by atoms with E-state index >= 15 is 0 Å². The van der Waals surface area contributed by atoms with Crippen LogP contribution in [0.1, 0.15) is 38.6 Å². The molecule has 0 aromatic carbocycles. The maximum absolute atomic E-state index is 4.18. The summed E-state index contributed by atoms with van der Waals surface area (Å²) < 4.78 is 0. The van der Waals surface area contributed by atoms with Gasteiger partial charge in [0.05, 0.1) is 0 Å². The van der Waals surface area contributed by atoms with Gasteiger partial charge in [0.1, 0.15) is 5.82 Å². The van der Waals surface area contributed by atoms with Crippen LogP contribution in [0.2, 0.25) is 0 Å². The third-order valence-corrected chi connectivity index (χ3v) is 2.45. The predicted octanol–water partition coefficient (Wildman–Crippen LogP) is 2.47. The van der Waals surface area contributed by atoms with Crippen LogP contribution in [-0.2, 0) is 5.41 Å². The van der Waals surface area contributed by atoms with Crippen molar-refractivity contribution in [2.45, 2.75) is 39.5 Å². The molecule has 0 bridgehead atoms. The van der Waals surface area contributed by atoms with E-state index in [0.717, 1.165) is 12.2 Å². The lowest BCUT2D eigenvalue weighted by Crippen LogP contribution is -2.16. The second-order valence-corrected chi connectivity index (χ2v) is 3.76. The van der Waals surface area contributed by atoms with Gasteiger partial charge in [-0.05, 0) is 24.3 Å². The van der Waals surface area contributed by atoms with Crippen LogP contribution in [0.25, 0.3) is 0 Å². The van der Waals surface area contributed by atoms with E-state index in [2.05, 4.69) is 30.7 Å². The quantitative estimate of drug-likeness (QED) is 0.671. The van der Waals surface area contributed by atoms with Gasteiger partial charge in [-0.25, -0.2) is 9.97 Å². The fraction of sp³-hybridized carbons (Fsp3) is 0.600. The molecule has 0 spiro atoms. The highest BCUT2D eigenvalue weighted by atomic mass is 14.8. The van der Waals surface area contributed by atoms with E-state index in [4.69, 9.17) is 0 Å². The minimum absolute atomic E-state index is 0.202. The van der Waals surface area contributed by atoms with Gasteiger partial charge in [0.15, 0.2) is 0 Å². The Kier molecular flexibility index (Phi) is 2.46. The first-order valence-electron chi connectivity index (χ1n) is 4.35. The lowest BCUT2D eigenvalue weighted by atomic mass is 9.84. The molecule has 66 valence electrons. The standard InChI is InChI=1S/C10H16N2/c1-5-10(3,4)9-6-11-8(2)12-7-9/h6-7H,5H2,1-4H3. The van der Waals surface area contributed by atoms with Crippen molar-refractivity contribution in [3.8, 4) is 0 Å². The van der Waals surface area contributed by atoms with E-state index in [-0.39, 0.29) is 5.41 Å². The van der Waals surface area contributed by atoms with Crippen LogP contribution in [0.5, 0.6) is 0 Å². The lowest BCUT2D eigenvalue weighted by Gasteiger charge is -2.21. The van der Waals surface area contributed by atoms with Crippen molar-refractivity contribution in [3.63, 3.8) is 0 Å². The number of aryl methyl sites for hydroxylation is 1. The van der Waals surface area contributed by atoms with Gasteiger partial charge in [-0.15, -0.1) is 0 Å². The molecule has 0 unspecified atom stereocenters. The van der Waals surface area contributed by atoms with Crippen LogP contribution >= 0.6 is 0 Å². The Balaban J connectivity index is 2.96. The monoisotopic (exact) mass is 164 g/mol. The number of nitrogens with zero attached hydrogens (tertiary/aromatic N) is 2. The van der Waals surface area contributed by atoms with Crippen molar-refractivity contribution in [2.24, 2.45) is 0 Å². The molecule has 0 aliphatic rings. The Morgan fingerprint density at radius 2 is 1.75 bits per heavy atom. The first-order chi connectivity index (χ1) is 5.56. The van der Waals surface area contributed by atoms with E-state index in [9.17, 15) is 0 Å². The van der Waals surface area contributed by atoms with Crippen LogP contribution < -0.4 is 0 Å². The van der Waals surface area contributed by atoms with E-state index in [1.54, 1.807) is 0 Å². The summed E-state index contributed by atoms with van der Waals surface area (Å²) in [6, 6.07) is 0. The average molecular weight is 164 g/mol. The summed E-state index contributed by atoms with van der Waals surface area (Å²) in [4.78, 5) is 8.36. The number of aromatic nitrogens is 2. The topological polar surface area (TPSA) is 25.8 Å². The van der Waals surface area contributed by atoms with Crippen molar-refractivity contribution in [3.05, 3.63) is 23.8 Å². The Bertz CT molecular complexity index is 249. The molecule has 2 nitrogen and oxygen atoms in total. The summed E-state index contributed by atoms with van der Waals surface area (Å²) in [5.41, 5.74) is 1.42. The molecule has 1 aromatic rings. The van der Waals surface area contributed by atoms with E-state index in [1.165, 1.54) is 5.56 Å². The molecule has 0 atom stereocenters. The first kappa shape index (κ1) is 9.17. The van der Waals surface area contributed by atoms with Gasteiger partial charge in [-0.1, -0.05) is 20.8 Å². The number of hydrogen-bond donors (Lipinski definition) is 0. The molecule has 1 rings (SSSR count). The van der Waals surface area contributed by atoms with Crippen molar-refractivity contribution < 1.29 is 0 Å². The highest BCUT2D eigenvalue weighted by Crippen LogP contribution is 2.24. The summed E-state index contributed by atoms with van der Waals surface area (Å²) in [7, 11) is 0. The molecule has 0 N–H and O–H groups in total. The summed E-state index contributed by atoms with van der Waals surface area (Å²) >= 11 is 0. The van der Waals surface area contributed by atoms with Gasteiger partial charge in [-0.2, -0.15) is 0 Å². The van der Waals surface area contributed by atoms with Crippen molar-refractivity contribution in [1.82, 2.24) is 9.97 Å². The van der Waals surface area contributed by atoms with Gasteiger partial charge in [0.25, 0.3) is 0 Å². The fourth-order valence-electron chi connectivity index (χ4n) is 0.946. The predicted molar refractivity (Wildman–Crippen MR) is 50.1 cm³/mol. The number of rotatable bonds is 2. The van der Waals surface area contributed by atoms with Crippen molar-refractivity contribution in [1.29, 1.82) is 0 Å². The third-order valence-electron chi connectivity index (χ3n) is 2.45. The lowest BCUT2D eigenvalue weighted by molar-refractivity contribution is 0.501. The molecular formula is C10H16N2. The van der Waals surface area contributed by atoms with E-state index in [0.29, 0.717) is 0 Å². The largest absolute Gasteiger partial charge is 0.241 e. The minimum atomic E-state index is 0.202.